The normalized spacial score (nSPS) is 27.6. The number of likely N-dealkylation sites (tertiary alicyclic amines) is 1. The van der Waals surface area contributed by atoms with Gasteiger partial charge in [0, 0.05) is 25.7 Å². The van der Waals surface area contributed by atoms with E-state index in [0.29, 0.717) is 18.9 Å². The predicted octanol–water partition coefficient (Wildman–Crippen LogP) is 3.82. The Morgan fingerprint density at radius 3 is 2.48 bits per heavy atom. The number of piperidine rings is 1. The summed E-state index contributed by atoms with van der Waals surface area (Å²) in [4.78, 5) is 2.05. The maximum absolute atomic E-state index is 12.9. The Bertz CT molecular complexity index is 328. The second-order valence-corrected chi connectivity index (χ2v) is 7.33. The first-order valence-corrected chi connectivity index (χ1v) is 8.35. The van der Waals surface area contributed by atoms with Gasteiger partial charge in [0.05, 0.1) is 5.92 Å². The van der Waals surface area contributed by atoms with Crippen molar-refractivity contribution in [2.24, 2.45) is 11.3 Å². The molecule has 0 aromatic carbocycles. The topological polar surface area (TPSA) is 15.3 Å². The average molecular weight is 306 g/mol. The van der Waals surface area contributed by atoms with E-state index in [1.165, 1.54) is 12.8 Å². The summed E-state index contributed by atoms with van der Waals surface area (Å²) >= 11 is 0. The number of hydrogen-bond donors (Lipinski definition) is 1. The van der Waals surface area contributed by atoms with Gasteiger partial charge in [-0.15, -0.1) is 0 Å². The largest absolute Gasteiger partial charge is 0.393 e. The van der Waals surface area contributed by atoms with Crippen molar-refractivity contribution in [2.75, 3.05) is 26.2 Å². The highest BCUT2D eigenvalue weighted by Gasteiger charge is 2.42. The molecule has 0 aromatic rings. The van der Waals surface area contributed by atoms with Crippen LogP contribution in [0.3, 0.4) is 0 Å². The van der Waals surface area contributed by atoms with Crippen LogP contribution in [0.2, 0.25) is 0 Å². The van der Waals surface area contributed by atoms with Crippen LogP contribution in [0, 0.1) is 11.3 Å². The maximum Gasteiger partial charge on any atom is 0.393 e. The van der Waals surface area contributed by atoms with Crippen molar-refractivity contribution in [3.05, 3.63) is 0 Å². The molecule has 0 radical (unpaired) electrons. The molecule has 0 aromatic heterocycles. The monoisotopic (exact) mass is 306 g/mol. The number of halogens is 3. The molecule has 1 aliphatic carbocycles. The first-order chi connectivity index (χ1) is 9.82. The summed E-state index contributed by atoms with van der Waals surface area (Å²) in [6.45, 7) is 7.10. The first kappa shape index (κ1) is 17.1. The lowest BCUT2D eigenvalue weighted by molar-refractivity contribution is -0.187. The maximum atomic E-state index is 12.9. The zero-order valence-corrected chi connectivity index (χ0v) is 13.3. The standard InChI is InChI=1S/C16H29F3N2/c1-3-8-15(2,11-20-14-6-7-14)12-21-9-4-5-13(10-21)16(17,18)19/h13-14,20H,3-12H2,1-2H3. The second-order valence-electron chi connectivity index (χ2n) is 7.33. The molecule has 1 aliphatic heterocycles. The van der Waals surface area contributed by atoms with Gasteiger partial charge in [-0.05, 0) is 44.1 Å². The zero-order chi connectivity index (χ0) is 15.5. The van der Waals surface area contributed by atoms with Gasteiger partial charge in [-0.25, -0.2) is 0 Å². The van der Waals surface area contributed by atoms with Crippen molar-refractivity contribution < 1.29 is 13.2 Å². The van der Waals surface area contributed by atoms with Crippen molar-refractivity contribution in [1.29, 1.82) is 0 Å². The molecule has 2 rings (SSSR count). The van der Waals surface area contributed by atoms with Gasteiger partial charge in [-0.1, -0.05) is 20.3 Å². The highest BCUT2D eigenvalue weighted by Crippen LogP contribution is 2.35. The van der Waals surface area contributed by atoms with Crippen LogP contribution in [-0.2, 0) is 0 Å². The fourth-order valence-electron chi connectivity index (χ4n) is 3.51. The molecule has 2 unspecified atom stereocenters. The second kappa shape index (κ2) is 6.86. The van der Waals surface area contributed by atoms with E-state index in [0.717, 1.165) is 32.5 Å². The Balaban J connectivity index is 1.88. The first-order valence-electron chi connectivity index (χ1n) is 8.35. The van der Waals surface area contributed by atoms with Crippen molar-refractivity contribution in [3.8, 4) is 0 Å². The molecular weight excluding hydrogens is 277 g/mol. The van der Waals surface area contributed by atoms with Crippen LogP contribution in [-0.4, -0.2) is 43.3 Å². The van der Waals surface area contributed by atoms with E-state index in [2.05, 4.69) is 19.2 Å². The molecule has 1 saturated heterocycles. The molecule has 124 valence electrons. The van der Waals surface area contributed by atoms with Gasteiger partial charge in [0.15, 0.2) is 0 Å². The highest BCUT2D eigenvalue weighted by atomic mass is 19.4. The minimum Gasteiger partial charge on any atom is -0.313 e. The minimum atomic E-state index is -4.04. The van der Waals surface area contributed by atoms with Crippen molar-refractivity contribution in [2.45, 2.75) is 64.6 Å². The molecule has 1 heterocycles. The number of rotatable bonds is 7. The fraction of sp³-hybridized carbons (Fsp3) is 1.00. The summed E-state index contributed by atoms with van der Waals surface area (Å²) in [6, 6.07) is 0.658. The van der Waals surface area contributed by atoms with E-state index in [-0.39, 0.29) is 12.0 Å². The summed E-state index contributed by atoms with van der Waals surface area (Å²) in [5.74, 6) is -1.13. The summed E-state index contributed by atoms with van der Waals surface area (Å²) < 4.78 is 38.8. The molecule has 0 bridgehead atoms. The van der Waals surface area contributed by atoms with Crippen LogP contribution in [0.15, 0.2) is 0 Å². The highest BCUT2D eigenvalue weighted by molar-refractivity contribution is 4.89. The number of nitrogens with one attached hydrogen (secondary N) is 1. The lowest BCUT2D eigenvalue weighted by Gasteiger charge is -2.40. The summed E-state index contributed by atoms with van der Waals surface area (Å²) in [5.41, 5.74) is 0.0881. The van der Waals surface area contributed by atoms with Gasteiger partial charge in [0.1, 0.15) is 0 Å². The van der Waals surface area contributed by atoms with E-state index in [1.807, 2.05) is 4.90 Å². The van der Waals surface area contributed by atoms with E-state index < -0.39 is 12.1 Å². The van der Waals surface area contributed by atoms with Crippen LogP contribution in [0.25, 0.3) is 0 Å². The SMILES string of the molecule is CCCC(C)(CNC1CC1)CN1CCCC(C(F)(F)F)C1. The van der Waals surface area contributed by atoms with Gasteiger partial charge in [-0.2, -0.15) is 13.2 Å². The molecule has 0 spiro atoms. The third-order valence-corrected chi connectivity index (χ3v) is 4.82. The lowest BCUT2D eigenvalue weighted by atomic mass is 9.83. The van der Waals surface area contributed by atoms with Crippen LogP contribution < -0.4 is 5.32 Å². The van der Waals surface area contributed by atoms with Crippen molar-refractivity contribution in [1.82, 2.24) is 10.2 Å². The van der Waals surface area contributed by atoms with Gasteiger partial charge in [-0.3, -0.25) is 0 Å². The Hall–Kier alpha value is -0.290. The summed E-state index contributed by atoms with van der Waals surface area (Å²) in [5, 5.41) is 3.56. The molecule has 21 heavy (non-hydrogen) atoms. The third-order valence-electron chi connectivity index (χ3n) is 4.82. The van der Waals surface area contributed by atoms with Crippen LogP contribution in [0.5, 0.6) is 0 Å². The Morgan fingerprint density at radius 2 is 1.90 bits per heavy atom. The lowest BCUT2D eigenvalue weighted by Crippen LogP contribution is -2.48. The number of nitrogens with zero attached hydrogens (tertiary/aromatic N) is 1. The van der Waals surface area contributed by atoms with Crippen LogP contribution >= 0.6 is 0 Å². The van der Waals surface area contributed by atoms with E-state index in [9.17, 15) is 13.2 Å². The number of hydrogen-bond acceptors (Lipinski definition) is 2. The van der Waals surface area contributed by atoms with Crippen LogP contribution in [0.4, 0.5) is 13.2 Å². The average Bonchev–Trinajstić information content (AvgIpc) is 3.20. The Labute approximate surface area is 126 Å². The molecule has 2 nitrogen and oxygen atoms in total. The predicted molar refractivity (Wildman–Crippen MR) is 79.3 cm³/mol. The number of alkyl halides is 3. The molecule has 2 fully saturated rings. The fourth-order valence-corrected chi connectivity index (χ4v) is 3.51. The van der Waals surface area contributed by atoms with E-state index in [4.69, 9.17) is 0 Å². The quantitative estimate of drug-likeness (QED) is 0.769. The Kier molecular flexibility index (Phi) is 5.58. The minimum absolute atomic E-state index is 0.0881. The molecule has 0 amide bonds. The van der Waals surface area contributed by atoms with Gasteiger partial charge >= 0.3 is 6.18 Å². The summed E-state index contributed by atoms with van der Waals surface area (Å²) in [6.07, 6.45) is 1.59. The molecule has 2 atom stereocenters. The molecule has 1 N–H and O–H groups in total. The molecule has 2 aliphatic rings. The van der Waals surface area contributed by atoms with Crippen molar-refractivity contribution in [3.63, 3.8) is 0 Å². The smallest absolute Gasteiger partial charge is 0.313 e. The summed E-state index contributed by atoms with van der Waals surface area (Å²) in [7, 11) is 0. The Morgan fingerprint density at radius 1 is 1.19 bits per heavy atom. The van der Waals surface area contributed by atoms with Gasteiger partial charge < -0.3 is 10.2 Å². The van der Waals surface area contributed by atoms with E-state index >= 15 is 0 Å². The van der Waals surface area contributed by atoms with Gasteiger partial charge in [0.2, 0.25) is 0 Å². The molecule has 1 saturated carbocycles. The molecule has 5 heteroatoms. The third kappa shape index (κ3) is 5.44. The molecular formula is C16H29F3N2. The van der Waals surface area contributed by atoms with Crippen molar-refractivity contribution >= 4 is 0 Å². The van der Waals surface area contributed by atoms with Crippen LogP contribution in [0.1, 0.15) is 52.4 Å². The van der Waals surface area contributed by atoms with Gasteiger partial charge in [0.25, 0.3) is 0 Å². The zero-order valence-electron chi connectivity index (χ0n) is 13.3. The van der Waals surface area contributed by atoms with E-state index in [1.54, 1.807) is 0 Å².